The number of rotatable bonds is 6. The van der Waals surface area contributed by atoms with Crippen molar-refractivity contribution in [1.29, 1.82) is 0 Å². The van der Waals surface area contributed by atoms with Crippen molar-refractivity contribution in [3.05, 3.63) is 64.6 Å². The highest BCUT2D eigenvalue weighted by atomic mass is 35.5. The van der Waals surface area contributed by atoms with E-state index in [1.807, 2.05) is 30.3 Å². The van der Waals surface area contributed by atoms with Gasteiger partial charge in [0.15, 0.2) is 0 Å². The van der Waals surface area contributed by atoms with E-state index in [1.165, 1.54) is 5.56 Å². The summed E-state index contributed by atoms with van der Waals surface area (Å²) in [6.07, 6.45) is 5.18. The van der Waals surface area contributed by atoms with E-state index in [1.54, 1.807) is 17.3 Å². The number of aromatic amines is 1. The zero-order chi connectivity index (χ0) is 20.9. The summed E-state index contributed by atoms with van der Waals surface area (Å²) < 4.78 is 0. The number of H-pyrrole nitrogens is 1. The topological polar surface area (TPSA) is 90.1 Å². The van der Waals surface area contributed by atoms with Gasteiger partial charge in [0, 0.05) is 60.1 Å². The molecule has 0 radical (unpaired) electrons. The number of urea groups is 1. The van der Waals surface area contributed by atoms with Crippen molar-refractivity contribution in [2.75, 3.05) is 13.1 Å². The van der Waals surface area contributed by atoms with E-state index in [-0.39, 0.29) is 11.9 Å². The quantitative estimate of drug-likeness (QED) is 0.529. The molecule has 7 nitrogen and oxygen atoms in total. The summed E-state index contributed by atoms with van der Waals surface area (Å²) in [4.78, 5) is 33.7. The highest BCUT2D eigenvalue weighted by molar-refractivity contribution is 6.31. The molecular formula is C22H24ClN5O2. The molecule has 0 bridgehead atoms. The van der Waals surface area contributed by atoms with Crippen LogP contribution in [0.5, 0.6) is 0 Å². The second-order valence-electron chi connectivity index (χ2n) is 7.42. The third-order valence-electron chi connectivity index (χ3n) is 5.29. The smallest absolute Gasteiger partial charge is 0.317 e. The molecule has 8 heteroatoms. The largest absolute Gasteiger partial charge is 0.357 e. The van der Waals surface area contributed by atoms with Gasteiger partial charge >= 0.3 is 6.03 Å². The van der Waals surface area contributed by atoms with Gasteiger partial charge in [0.25, 0.3) is 0 Å². The first-order valence-electron chi connectivity index (χ1n) is 10.1. The van der Waals surface area contributed by atoms with Crippen molar-refractivity contribution < 1.29 is 9.59 Å². The molecule has 3 heterocycles. The summed E-state index contributed by atoms with van der Waals surface area (Å²) in [7, 11) is 0. The van der Waals surface area contributed by atoms with E-state index >= 15 is 0 Å². The lowest BCUT2D eigenvalue weighted by Gasteiger charge is -2.27. The van der Waals surface area contributed by atoms with E-state index in [0.717, 1.165) is 28.6 Å². The minimum atomic E-state index is -0.104. The van der Waals surface area contributed by atoms with E-state index in [4.69, 9.17) is 11.6 Å². The standard InChI is InChI=1S/C22H24ClN5O2/c23-16-5-6-19-18(11-16)17-7-10-28(14-20(17)27-19)22(30)25-9-2-4-21(29)26-13-15-3-1-8-24-12-15/h1,3,5-6,8,11-12,27H,2,4,7,9-10,13-14H2,(H,25,30)(H,26,29). The van der Waals surface area contributed by atoms with Gasteiger partial charge in [-0.05, 0) is 48.2 Å². The van der Waals surface area contributed by atoms with Gasteiger partial charge in [-0.2, -0.15) is 0 Å². The molecule has 1 aromatic carbocycles. The lowest BCUT2D eigenvalue weighted by atomic mass is 10.0. The van der Waals surface area contributed by atoms with Gasteiger partial charge in [0.2, 0.25) is 5.91 Å². The van der Waals surface area contributed by atoms with Crippen LogP contribution in [0.2, 0.25) is 5.02 Å². The molecule has 0 fully saturated rings. The third kappa shape index (κ3) is 4.74. The van der Waals surface area contributed by atoms with Crippen LogP contribution in [0.25, 0.3) is 10.9 Å². The number of fused-ring (bicyclic) bond motifs is 3. The van der Waals surface area contributed by atoms with Crippen molar-refractivity contribution in [2.45, 2.75) is 32.4 Å². The monoisotopic (exact) mass is 425 g/mol. The van der Waals surface area contributed by atoms with Gasteiger partial charge in [-0.15, -0.1) is 0 Å². The summed E-state index contributed by atoms with van der Waals surface area (Å²) in [6, 6.07) is 9.46. The van der Waals surface area contributed by atoms with Crippen LogP contribution >= 0.6 is 11.6 Å². The molecule has 2 aromatic heterocycles. The first-order chi connectivity index (χ1) is 14.6. The zero-order valence-corrected chi connectivity index (χ0v) is 17.3. The van der Waals surface area contributed by atoms with Crippen LogP contribution in [-0.2, 0) is 24.3 Å². The Hall–Kier alpha value is -3.06. The zero-order valence-electron chi connectivity index (χ0n) is 16.6. The van der Waals surface area contributed by atoms with Crippen LogP contribution in [0.1, 0.15) is 29.7 Å². The Morgan fingerprint density at radius 2 is 2.13 bits per heavy atom. The lowest BCUT2D eigenvalue weighted by molar-refractivity contribution is -0.121. The summed E-state index contributed by atoms with van der Waals surface area (Å²) in [5.74, 6) is -0.0348. The van der Waals surface area contributed by atoms with E-state index in [0.29, 0.717) is 44.0 Å². The molecule has 3 amide bonds. The Balaban J connectivity index is 1.20. The van der Waals surface area contributed by atoms with Gasteiger partial charge in [-0.1, -0.05) is 17.7 Å². The molecule has 0 saturated heterocycles. The highest BCUT2D eigenvalue weighted by Crippen LogP contribution is 2.29. The first kappa shape index (κ1) is 20.2. The number of hydrogen-bond donors (Lipinski definition) is 3. The average molecular weight is 426 g/mol. The van der Waals surface area contributed by atoms with Gasteiger partial charge < -0.3 is 20.5 Å². The average Bonchev–Trinajstić information content (AvgIpc) is 3.13. The van der Waals surface area contributed by atoms with Crippen molar-refractivity contribution in [3.63, 3.8) is 0 Å². The number of amides is 3. The fourth-order valence-corrected chi connectivity index (χ4v) is 3.91. The molecule has 156 valence electrons. The Bertz CT molecular complexity index is 1050. The summed E-state index contributed by atoms with van der Waals surface area (Å²) in [5, 5.41) is 7.63. The minimum Gasteiger partial charge on any atom is -0.357 e. The molecule has 3 aromatic rings. The molecule has 1 aliphatic heterocycles. The number of nitrogens with zero attached hydrogens (tertiary/aromatic N) is 2. The second kappa shape index (κ2) is 9.17. The van der Waals surface area contributed by atoms with Gasteiger partial charge in [0.1, 0.15) is 0 Å². The van der Waals surface area contributed by atoms with Crippen molar-refractivity contribution in [1.82, 2.24) is 25.5 Å². The SMILES string of the molecule is O=C(CCCNC(=O)N1CCc2c([nH]c3ccc(Cl)cc23)C1)NCc1cccnc1. The molecule has 0 aliphatic carbocycles. The van der Waals surface area contributed by atoms with E-state index < -0.39 is 0 Å². The fourth-order valence-electron chi connectivity index (χ4n) is 3.73. The van der Waals surface area contributed by atoms with Crippen LogP contribution in [-0.4, -0.2) is 39.9 Å². The number of carbonyl (C=O) groups is 2. The Morgan fingerprint density at radius 3 is 2.97 bits per heavy atom. The van der Waals surface area contributed by atoms with E-state index in [9.17, 15) is 9.59 Å². The van der Waals surface area contributed by atoms with Gasteiger partial charge in [-0.25, -0.2) is 4.79 Å². The fraction of sp³-hybridized carbons (Fsp3) is 0.318. The maximum Gasteiger partial charge on any atom is 0.317 e. The molecule has 30 heavy (non-hydrogen) atoms. The lowest BCUT2D eigenvalue weighted by Crippen LogP contribution is -2.43. The van der Waals surface area contributed by atoms with E-state index in [2.05, 4.69) is 20.6 Å². The molecule has 0 unspecified atom stereocenters. The normalized spacial score (nSPS) is 13.2. The molecule has 0 spiro atoms. The number of aromatic nitrogens is 2. The maximum absolute atomic E-state index is 12.5. The summed E-state index contributed by atoms with van der Waals surface area (Å²) in [5.41, 5.74) is 4.30. The molecule has 1 aliphatic rings. The van der Waals surface area contributed by atoms with Crippen molar-refractivity contribution >= 4 is 34.4 Å². The van der Waals surface area contributed by atoms with Crippen LogP contribution in [0, 0.1) is 0 Å². The first-order valence-corrected chi connectivity index (χ1v) is 10.5. The summed E-state index contributed by atoms with van der Waals surface area (Å²) >= 11 is 6.12. The number of benzene rings is 1. The van der Waals surface area contributed by atoms with Crippen LogP contribution in [0.3, 0.4) is 0 Å². The molecular weight excluding hydrogens is 402 g/mol. The van der Waals surface area contributed by atoms with Gasteiger partial charge in [-0.3, -0.25) is 9.78 Å². The number of halogens is 1. The van der Waals surface area contributed by atoms with Crippen molar-refractivity contribution in [3.8, 4) is 0 Å². The third-order valence-corrected chi connectivity index (χ3v) is 5.53. The maximum atomic E-state index is 12.5. The van der Waals surface area contributed by atoms with Crippen LogP contribution in [0.4, 0.5) is 4.79 Å². The van der Waals surface area contributed by atoms with Crippen LogP contribution < -0.4 is 10.6 Å². The predicted molar refractivity (Wildman–Crippen MR) is 116 cm³/mol. The highest BCUT2D eigenvalue weighted by Gasteiger charge is 2.23. The van der Waals surface area contributed by atoms with Crippen LogP contribution in [0.15, 0.2) is 42.7 Å². The molecule has 4 rings (SSSR count). The molecule has 0 saturated carbocycles. The van der Waals surface area contributed by atoms with Gasteiger partial charge in [0.05, 0.1) is 6.54 Å². The number of carbonyl (C=O) groups excluding carboxylic acids is 2. The molecule has 0 atom stereocenters. The Kier molecular flexibility index (Phi) is 6.18. The number of hydrogen-bond acceptors (Lipinski definition) is 3. The minimum absolute atomic E-state index is 0.0348. The van der Waals surface area contributed by atoms with Crippen molar-refractivity contribution in [2.24, 2.45) is 0 Å². The summed E-state index contributed by atoms with van der Waals surface area (Å²) in [6.45, 7) is 2.12. The Labute approximate surface area is 179 Å². The molecule has 3 N–H and O–H groups in total. The Morgan fingerprint density at radius 1 is 1.23 bits per heavy atom. The number of nitrogens with one attached hydrogen (secondary N) is 3. The number of pyridine rings is 1. The predicted octanol–water partition coefficient (Wildman–Crippen LogP) is 3.38. The second-order valence-corrected chi connectivity index (χ2v) is 7.85.